The van der Waals surface area contributed by atoms with Gasteiger partial charge in [-0.15, -0.1) is 0 Å². The smallest absolute Gasteiger partial charge is 1.00 e. The summed E-state index contributed by atoms with van der Waals surface area (Å²) in [6, 6.07) is 0. The third kappa shape index (κ3) is 59.6. The van der Waals surface area contributed by atoms with Gasteiger partial charge in [-0.3, -0.25) is 0 Å². The van der Waals surface area contributed by atoms with Gasteiger partial charge in [-0.25, -0.2) is 4.79 Å². The van der Waals surface area contributed by atoms with Gasteiger partial charge in [-0.05, 0) is 0 Å². The van der Waals surface area contributed by atoms with E-state index in [9.17, 15) is 0 Å². The fourth-order valence-corrected chi connectivity index (χ4v) is 0. The molecule has 6 heavy (non-hydrogen) atoms. The molecule has 0 atom stereocenters. The minimum absolute atomic E-state index is 0. The normalized spacial score (nSPS) is 4.00. The summed E-state index contributed by atoms with van der Waals surface area (Å²) < 4.78 is 0. The van der Waals surface area contributed by atoms with Crippen LogP contribution < -0.4 is 0 Å². The Morgan fingerprint density at radius 2 is 1.50 bits per heavy atom. The molecule has 0 amide bonds. The van der Waals surface area contributed by atoms with Crippen molar-refractivity contribution in [1.29, 1.82) is 0 Å². The quantitative estimate of drug-likeness (QED) is 0.553. The van der Waals surface area contributed by atoms with Crippen molar-refractivity contribution in [1.82, 2.24) is 0 Å². The van der Waals surface area contributed by atoms with E-state index in [-0.39, 0.29) is 65.4 Å². The summed E-state index contributed by atoms with van der Waals surface area (Å²) in [5.41, 5.74) is 0. The van der Waals surface area contributed by atoms with E-state index in [1.807, 2.05) is 0 Å². The second-order valence-corrected chi connectivity index (χ2v) is 0.283. The van der Waals surface area contributed by atoms with Crippen LogP contribution in [0, 0.1) is 0 Å². The molecule has 0 aliphatic rings. The van der Waals surface area contributed by atoms with E-state index < -0.39 is 6.16 Å². The SMILES string of the molecule is O=C(O)O.[Fe].[H-].[H-].[Sr+2]. The second kappa shape index (κ2) is 9.55. The molecule has 0 aromatic heterocycles. The fourth-order valence-electron chi connectivity index (χ4n) is 0. The topological polar surface area (TPSA) is 57.5 Å². The maximum atomic E-state index is 8.56. The minimum atomic E-state index is -1.83. The first kappa shape index (κ1) is 15.7. The molecule has 0 radical (unpaired) electrons. The predicted octanol–water partition coefficient (Wildman–Crippen LogP) is 0.0641. The fraction of sp³-hybridized carbons (Fsp3) is 0. The zero-order valence-electron chi connectivity index (χ0n) is 4.86. The van der Waals surface area contributed by atoms with E-state index in [0.717, 1.165) is 0 Å². The number of hydrogen-bond acceptors (Lipinski definition) is 1. The molecule has 0 aliphatic heterocycles. The Labute approximate surface area is 85.4 Å². The van der Waals surface area contributed by atoms with Crippen molar-refractivity contribution in [2.45, 2.75) is 0 Å². The van der Waals surface area contributed by atoms with Crippen LogP contribution in [0.2, 0.25) is 0 Å². The maximum absolute atomic E-state index is 8.56. The van der Waals surface area contributed by atoms with Crippen LogP contribution in [-0.2, 0) is 17.1 Å². The van der Waals surface area contributed by atoms with Gasteiger partial charge in [0.25, 0.3) is 0 Å². The van der Waals surface area contributed by atoms with E-state index in [1.54, 1.807) is 0 Å². The molecule has 3 nitrogen and oxygen atoms in total. The molecule has 0 rings (SSSR count). The van der Waals surface area contributed by atoms with Crippen molar-refractivity contribution in [3.05, 3.63) is 0 Å². The van der Waals surface area contributed by atoms with Gasteiger partial charge < -0.3 is 13.1 Å². The molecule has 36 valence electrons. The van der Waals surface area contributed by atoms with Crippen LogP contribution in [0.1, 0.15) is 2.85 Å². The monoisotopic (exact) mass is 208 g/mol. The molecule has 0 saturated heterocycles. The van der Waals surface area contributed by atoms with Gasteiger partial charge in [0, 0.05) is 17.1 Å². The van der Waals surface area contributed by atoms with Crippen molar-refractivity contribution >= 4 is 51.6 Å². The Balaban J connectivity index is -0.00000000750. The number of hydrogen-bond donors (Lipinski definition) is 2. The van der Waals surface area contributed by atoms with E-state index in [1.165, 1.54) is 0 Å². The average Bonchev–Trinajstić information content (AvgIpc) is 0.811. The Kier molecular flexibility index (Phi) is 25.0. The molecular weight excluding hydrogens is 203 g/mol. The van der Waals surface area contributed by atoms with Gasteiger partial charge in [-0.2, -0.15) is 0 Å². The van der Waals surface area contributed by atoms with Crippen LogP contribution in [0.4, 0.5) is 4.79 Å². The number of rotatable bonds is 0. The summed E-state index contributed by atoms with van der Waals surface area (Å²) in [7, 11) is 0. The van der Waals surface area contributed by atoms with Crippen LogP contribution >= 0.6 is 0 Å². The van der Waals surface area contributed by atoms with Crippen molar-refractivity contribution in [3.8, 4) is 0 Å². The van der Waals surface area contributed by atoms with Crippen LogP contribution in [-0.4, -0.2) is 61.9 Å². The van der Waals surface area contributed by atoms with Crippen LogP contribution in [0.5, 0.6) is 0 Å². The number of carboxylic acid groups (broad SMARTS) is 2. The van der Waals surface area contributed by atoms with Crippen molar-refractivity contribution < 1.29 is 34.9 Å². The standard InChI is InChI=1S/CH2O3.Fe.Sr.2H/c2-1(3)4;;;;/h(H2,2,3,4);;;;/q;;+2;2*-1. The van der Waals surface area contributed by atoms with Crippen molar-refractivity contribution in [3.63, 3.8) is 0 Å². The first-order valence-corrected chi connectivity index (χ1v) is 0.651. The Hall–Kier alpha value is 1.27. The van der Waals surface area contributed by atoms with Gasteiger partial charge in [0.05, 0.1) is 0 Å². The molecule has 0 aliphatic carbocycles. The molecule has 0 unspecified atom stereocenters. The molecule has 0 aromatic rings. The summed E-state index contributed by atoms with van der Waals surface area (Å²) >= 11 is 0. The maximum Gasteiger partial charge on any atom is 2.00 e. The summed E-state index contributed by atoms with van der Waals surface area (Å²) in [5, 5.41) is 13.9. The molecule has 0 fully saturated rings. The van der Waals surface area contributed by atoms with E-state index in [4.69, 9.17) is 15.0 Å². The van der Waals surface area contributed by atoms with Crippen LogP contribution in [0.25, 0.3) is 0 Å². The minimum Gasteiger partial charge on any atom is -1.00 e. The molecule has 0 aromatic carbocycles. The third-order valence-corrected chi connectivity index (χ3v) is 0. The Morgan fingerprint density at radius 1 is 1.50 bits per heavy atom. The van der Waals surface area contributed by atoms with E-state index >= 15 is 0 Å². The zero-order valence-corrected chi connectivity index (χ0v) is 7.44. The summed E-state index contributed by atoms with van der Waals surface area (Å²) in [6.45, 7) is 0. The molecule has 2 N–H and O–H groups in total. The van der Waals surface area contributed by atoms with Gasteiger partial charge in [0.1, 0.15) is 0 Å². The van der Waals surface area contributed by atoms with Crippen LogP contribution in [0.15, 0.2) is 0 Å². The molecule has 0 heterocycles. The van der Waals surface area contributed by atoms with Crippen molar-refractivity contribution in [2.24, 2.45) is 0 Å². The molecular formula is CH4FeO3Sr. The predicted molar refractivity (Wildman–Crippen MR) is 18.6 cm³/mol. The summed E-state index contributed by atoms with van der Waals surface area (Å²) in [6.07, 6.45) is -1.83. The summed E-state index contributed by atoms with van der Waals surface area (Å²) in [4.78, 5) is 8.56. The van der Waals surface area contributed by atoms with Gasteiger partial charge in [0.2, 0.25) is 0 Å². The molecule has 0 spiro atoms. The third-order valence-electron chi connectivity index (χ3n) is 0. The van der Waals surface area contributed by atoms with Crippen molar-refractivity contribution in [2.75, 3.05) is 0 Å². The van der Waals surface area contributed by atoms with Gasteiger partial charge in [-0.1, -0.05) is 0 Å². The van der Waals surface area contributed by atoms with E-state index in [0.29, 0.717) is 0 Å². The molecule has 0 bridgehead atoms. The van der Waals surface area contributed by atoms with E-state index in [2.05, 4.69) is 0 Å². The summed E-state index contributed by atoms with van der Waals surface area (Å²) in [5.74, 6) is 0. The first-order chi connectivity index (χ1) is 1.73. The largest absolute Gasteiger partial charge is 2.00 e. The average molecular weight is 208 g/mol. The zero-order chi connectivity index (χ0) is 3.58. The van der Waals surface area contributed by atoms with Crippen LogP contribution in [0.3, 0.4) is 0 Å². The first-order valence-electron chi connectivity index (χ1n) is 0.651. The Morgan fingerprint density at radius 3 is 1.50 bits per heavy atom. The molecule has 5 heteroatoms. The van der Waals surface area contributed by atoms with Gasteiger partial charge >= 0.3 is 51.6 Å². The number of carbonyl (C=O) groups is 1. The Bertz CT molecular complexity index is 40.3. The second-order valence-electron chi connectivity index (χ2n) is 0.283. The molecule has 0 saturated carbocycles. The van der Waals surface area contributed by atoms with Gasteiger partial charge in [0.15, 0.2) is 0 Å².